The molecule has 0 fully saturated rings. The van der Waals surface area contributed by atoms with E-state index >= 15 is 0 Å². The van der Waals surface area contributed by atoms with Crippen molar-refractivity contribution in [3.8, 4) is 5.75 Å². The number of carbonyl (C=O) groups is 1. The molecular formula is C15H11F5N2O2. The number of alkyl halides is 3. The van der Waals surface area contributed by atoms with E-state index in [2.05, 4.69) is 15.4 Å². The van der Waals surface area contributed by atoms with Gasteiger partial charge in [-0.2, -0.15) is 0 Å². The summed E-state index contributed by atoms with van der Waals surface area (Å²) in [5, 5.41) is 4.80. The van der Waals surface area contributed by atoms with Gasteiger partial charge in [0.05, 0.1) is 12.2 Å². The average molecular weight is 346 g/mol. The highest BCUT2D eigenvalue weighted by Gasteiger charge is 2.30. The monoisotopic (exact) mass is 346 g/mol. The Labute approximate surface area is 133 Å². The van der Waals surface area contributed by atoms with E-state index in [-0.39, 0.29) is 17.9 Å². The molecule has 1 amide bonds. The van der Waals surface area contributed by atoms with Crippen molar-refractivity contribution in [2.45, 2.75) is 6.36 Å². The van der Waals surface area contributed by atoms with Crippen molar-refractivity contribution in [2.75, 3.05) is 17.2 Å². The molecule has 0 atom stereocenters. The normalized spacial score (nSPS) is 11.0. The van der Waals surface area contributed by atoms with Gasteiger partial charge in [0.25, 0.3) is 0 Å². The molecule has 2 N–H and O–H groups in total. The Bertz CT molecular complexity index is 717. The van der Waals surface area contributed by atoms with E-state index in [1.807, 2.05) is 0 Å². The van der Waals surface area contributed by atoms with E-state index in [1.165, 1.54) is 12.1 Å². The van der Waals surface area contributed by atoms with Crippen molar-refractivity contribution >= 4 is 17.3 Å². The van der Waals surface area contributed by atoms with Crippen molar-refractivity contribution in [3.63, 3.8) is 0 Å². The number of rotatable bonds is 5. The van der Waals surface area contributed by atoms with E-state index in [4.69, 9.17) is 0 Å². The molecule has 0 aromatic heterocycles. The van der Waals surface area contributed by atoms with Gasteiger partial charge in [-0.3, -0.25) is 4.79 Å². The van der Waals surface area contributed by atoms with Gasteiger partial charge in [-0.25, -0.2) is 8.78 Å². The van der Waals surface area contributed by atoms with Crippen LogP contribution in [0.4, 0.5) is 33.3 Å². The number of anilines is 2. The summed E-state index contributed by atoms with van der Waals surface area (Å²) in [5.41, 5.74) is 0.0371. The molecule has 0 aliphatic rings. The van der Waals surface area contributed by atoms with Gasteiger partial charge in [0, 0.05) is 5.69 Å². The molecule has 4 nitrogen and oxygen atoms in total. The third kappa shape index (κ3) is 5.41. The minimum Gasteiger partial charge on any atom is -0.406 e. The zero-order valence-corrected chi connectivity index (χ0v) is 12.0. The van der Waals surface area contributed by atoms with Crippen molar-refractivity contribution in [1.82, 2.24) is 0 Å². The van der Waals surface area contributed by atoms with Crippen LogP contribution in [0.3, 0.4) is 0 Å². The number of amides is 1. The molecule has 0 saturated carbocycles. The maximum atomic E-state index is 13.4. The van der Waals surface area contributed by atoms with E-state index in [1.54, 1.807) is 0 Å². The Kier molecular flexibility index (Phi) is 5.22. The first-order chi connectivity index (χ1) is 11.2. The van der Waals surface area contributed by atoms with Crippen molar-refractivity contribution in [3.05, 3.63) is 54.1 Å². The van der Waals surface area contributed by atoms with Gasteiger partial charge < -0.3 is 15.4 Å². The van der Waals surface area contributed by atoms with Crippen LogP contribution in [0.5, 0.6) is 5.75 Å². The van der Waals surface area contributed by atoms with Crippen LogP contribution in [-0.2, 0) is 4.79 Å². The Morgan fingerprint density at radius 3 is 2.33 bits per heavy atom. The van der Waals surface area contributed by atoms with Crippen molar-refractivity contribution in [1.29, 1.82) is 0 Å². The largest absolute Gasteiger partial charge is 0.573 e. The Balaban J connectivity index is 1.89. The Morgan fingerprint density at radius 1 is 1.04 bits per heavy atom. The van der Waals surface area contributed by atoms with Gasteiger partial charge in [-0.05, 0) is 42.5 Å². The van der Waals surface area contributed by atoms with E-state index < -0.39 is 29.7 Å². The van der Waals surface area contributed by atoms with Gasteiger partial charge in [0.15, 0.2) is 0 Å². The fourth-order valence-electron chi connectivity index (χ4n) is 1.75. The van der Waals surface area contributed by atoms with E-state index in [9.17, 15) is 26.7 Å². The standard InChI is InChI=1S/C15H11F5N2O2/c16-9-1-6-12(17)13(7-9)21-8-14(23)22-10-2-4-11(5-3-10)24-15(18,19)20/h1-7,21H,8H2,(H,22,23). The van der Waals surface area contributed by atoms with Crippen LogP contribution in [0.1, 0.15) is 0 Å². The molecule has 0 aliphatic carbocycles. The molecule has 0 aliphatic heterocycles. The highest BCUT2D eigenvalue weighted by molar-refractivity contribution is 5.93. The number of hydrogen-bond donors (Lipinski definition) is 2. The first-order valence-electron chi connectivity index (χ1n) is 6.57. The lowest BCUT2D eigenvalue weighted by Gasteiger charge is -2.11. The third-order valence-electron chi connectivity index (χ3n) is 2.74. The number of nitrogens with one attached hydrogen (secondary N) is 2. The van der Waals surface area contributed by atoms with Gasteiger partial charge in [-0.1, -0.05) is 0 Å². The minimum atomic E-state index is -4.80. The lowest BCUT2D eigenvalue weighted by Crippen LogP contribution is -2.22. The SMILES string of the molecule is O=C(CNc1cc(F)ccc1F)Nc1ccc(OC(F)(F)F)cc1. The van der Waals surface area contributed by atoms with Crippen LogP contribution >= 0.6 is 0 Å². The van der Waals surface area contributed by atoms with Crippen LogP contribution in [-0.4, -0.2) is 18.8 Å². The van der Waals surface area contributed by atoms with Gasteiger partial charge in [-0.15, -0.1) is 13.2 Å². The molecule has 2 aromatic carbocycles. The summed E-state index contributed by atoms with van der Waals surface area (Å²) in [6.45, 7) is -0.360. The van der Waals surface area contributed by atoms with E-state index in [0.29, 0.717) is 0 Å². The van der Waals surface area contributed by atoms with Crippen molar-refractivity contribution < 1.29 is 31.5 Å². The smallest absolute Gasteiger partial charge is 0.406 e. The number of hydrogen-bond acceptors (Lipinski definition) is 3. The quantitative estimate of drug-likeness (QED) is 0.807. The summed E-state index contributed by atoms with van der Waals surface area (Å²) in [6, 6.07) is 7.22. The molecule has 0 radical (unpaired) electrons. The summed E-state index contributed by atoms with van der Waals surface area (Å²) >= 11 is 0. The summed E-state index contributed by atoms with van der Waals surface area (Å²) in [6.07, 6.45) is -4.80. The van der Waals surface area contributed by atoms with Crippen molar-refractivity contribution in [2.24, 2.45) is 0 Å². The fourth-order valence-corrected chi connectivity index (χ4v) is 1.75. The van der Waals surface area contributed by atoms with Crippen LogP contribution in [0, 0.1) is 11.6 Å². The predicted octanol–water partition coefficient (Wildman–Crippen LogP) is 3.91. The molecule has 2 rings (SSSR count). The summed E-state index contributed by atoms with van der Waals surface area (Å²) in [5.74, 6) is -2.42. The molecule has 128 valence electrons. The van der Waals surface area contributed by atoms with E-state index in [0.717, 1.165) is 30.3 Å². The first-order valence-corrected chi connectivity index (χ1v) is 6.57. The van der Waals surface area contributed by atoms with Crippen LogP contribution in [0.2, 0.25) is 0 Å². The zero-order valence-electron chi connectivity index (χ0n) is 12.0. The topological polar surface area (TPSA) is 50.4 Å². The number of halogens is 5. The van der Waals surface area contributed by atoms with Gasteiger partial charge in [0.1, 0.15) is 17.4 Å². The lowest BCUT2D eigenvalue weighted by molar-refractivity contribution is -0.274. The maximum Gasteiger partial charge on any atom is 0.573 e. The Morgan fingerprint density at radius 2 is 1.71 bits per heavy atom. The second-order valence-corrected chi connectivity index (χ2v) is 4.60. The number of benzene rings is 2. The molecule has 0 bridgehead atoms. The lowest BCUT2D eigenvalue weighted by atomic mass is 10.3. The summed E-state index contributed by atoms with van der Waals surface area (Å²) < 4.78 is 66.1. The molecule has 2 aromatic rings. The minimum absolute atomic E-state index is 0.181. The fraction of sp³-hybridized carbons (Fsp3) is 0.133. The maximum absolute atomic E-state index is 13.4. The Hall–Kier alpha value is -2.84. The first kappa shape index (κ1) is 17.5. The van der Waals surface area contributed by atoms with Gasteiger partial charge in [0.2, 0.25) is 5.91 Å². The predicted molar refractivity (Wildman–Crippen MR) is 76.6 cm³/mol. The molecule has 9 heteroatoms. The molecule has 24 heavy (non-hydrogen) atoms. The third-order valence-corrected chi connectivity index (χ3v) is 2.74. The molecular weight excluding hydrogens is 335 g/mol. The second-order valence-electron chi connectivity index (χ2n) is 4.60. The summed E-state index contributed by atoms with van der Waals surface area (Å²) in [7, 11) is 0. The number of ether oxygens (including phenoxy) is 1. The van der Waals surface area contributed by atoms with Crippen LogP contribution < -0.4 is 15.4 Å². The van der Waals surface area contributed by atoms with Crippen LogP contribution in [0.25, 0.3) is 0 Å². The average Bonchev–Trinajstić information content (AvgIpc) is 2.49. The summed E-state index contributed by atoms with van der Waals surface area (Å²) in [4.78, 5) is 11.7. The highest BCUT2D eigenvalue weighted by atomic mass is 19.4. The molecule has 0 spiro atoms. The number of carbonyl (C=O) groups excluding carboxylic acids is 1. The zero-order chi connectivity index (χ0) is 17.7. The molecule has 0 saturated heterocycles. The molecule has 0 heterocycles. The highest BCUT2D eigenvalue weighted by Crippen LogP contribution is 2.24. The van der Waals surface area contributed by atoms with Crippen LogP contribution in [0.15, 0.2) is 42.5 Å². The van der Waals surface area contributed by atoms with Gasteiger partial charge >= 0.3 is 6.36 Å². The second kappa shape index (κ2) is 7.16. The molecule has 0 unspecified atom stereocenters.